The van der Waals surface area contributed by atoms with Crippen molar-refractivity contribution in [3.8, 4) is 0 Å². The van der Waals surface area contributed by atoms with Crippen molar-refractivity contribution >= 4 is 5.91 Å². The van der Waals surface area contributed by atoms with Gasteiger partial charge >= 0.3 is 0 Å². The number of hydrogen-bond acceptors (Lipinski definition) is 5. The summed E-state index contributed by atoms with van der Waals surface area (Å²) in [6.07, 6.45) is 6.33. The molecule has 2 aromatic carbocycles. The Hall–Kier alpha value is -3.81. The van der Waals surface area contributed by atoms with Crippen LogP contribution in [0, 0.1) is 6.92 Å². The van der Waals surface area contributed by atoms with Crippen LogP contribution in [0.4, 0.5) is 0 Å². The quantitative estimate of drug-likeness (QED) is 0.307. The van der Waals surface area contributed by atoms with E-state index < -0.39 is 6.10 Å². The maximum atomic E-state index is 13.5. The number of aryl methyl sites for hydroxylation is 1. The zero-order chi connectivity index (χ0) is 26.5. The summed E-state index contributed by atoms with van der Waals surface area (Å²) in [4.78, 5) is 19.4. The summed E-state index contributed by atoms with van der Waals surface area (Å²) in [5, 5.41) is 21.8. The molecule has 0 radical (unpaired) electrons. The fourth-order valence-electron chi connectivity index (χ4n) is 5.34. The van der Waals surface area contributed by atoms with Gasteiger partial charge in [-0.3, -0.25) is 14.9 Å². The van der Waals surface area contributed by atoms with Crippen LogP contribution in [0.5, 0.6) is 0 Å². The largest absolute Gasteiger partial charge is 0.387 e. The fourth-order valence-corrected chi connectivity index (χ4v) is 5.34. The summed E-state index contributed by atoms with van der Waals surface area (Å²) in [7, 11) is 1.85. The molecule has 196 valence electrons. The van der Waals surface area contributed by atoms with E-state index in [-0.39, 0.29) is 24.0 Å². The molecule has 1 saturated heterocycles. The van der Waals surface area contributed by atoms with Crippen molar-refractivity contribution in [3.63, 3.8) is 0 Å². The van der Waals surface area contributed by atoms with Crippen LogP contribution < -0.4 is 5.32 Å². The SMILES string of the molecule is Cc1cc(C(Cc2ccccc2)N(C)C(=O)c2ccc(C[C@@H]3CC[C@H]([C@H](O)c4cccnc4)N3)cc2)n[nH]1. The molecule has 0 aliphatic carbocycles. The number of aliphatic hydroxyl groups excluding tert-OH is 1. The Labute approximate surface area is 223 Å². The molecule has 1 amide bonds. The second-order valence-electron chi connectivity index (χ2n) is 10.3. The number of rotatable bonds is 9. The maximum absolute atomic E-state index is 13.5. The predicted octanol–water partition coefficient (Wildman–Crippen LogP) is 4.57. The lowest BCUT2D eigenvalue weighted by Gasteiger charge is -2.27. The van der Waals surface area contributed by atoms with Gasteiger partial charge in [0.05, 0.1) is 17.8 Å². The van der Waals surface area contributed by atoms with Gasteiger partial charge in [0.2, 0.25) is 0 Å². The van der Waals surface area contributed by atoms with Gasteiger partial charge in [0.1, 0.15) is 0 Å². The average Bonchev–Trinajstić information content (AvgIpc) is 3.61. The number of H-pyrrole nitrogens is 1. The molecule has 1 unspecified atom stereocenters. The van der Waals surface area contributed by atoms with Gasteiger partial charge < -0.3 is 15.3 Å². The van der Waals surface area contributed by atoms with E-state index in [1.807, 2.05) is 74.6 Å². The summed E-state index contributed by atoms with van der Waals surface area (Å²) in [5.74, 6) is -0.0308. The average molecular weight is 510 g/mol. The van der Waals surface area contributed by atoms with Crippen LogP contribution in [0.2, 0.25) is 0 Å². The van der Waals surface area contributed by atoms with Crippen LogP contribution in [0.1, 0.15) is 63.4 Å². The number of amides is 1. The molecular weight excluding hydrogens is 474 g/mol. The van der Waals surface area contributed by atoms with E-state index in [0.717, 1.165) is 41.8 Å². The summed E-state index contributed by atoms with van der Waals surface area (Å²) in [5.41, 5.74) is 5.65. The van der Waals surface area contributed by atoms with Gasteiger partial charge in [-0.15, -0.1) is 0 Å². The van der Waals surface area contributed by atoms with Gasteiger partial charge in [0.25, 0.3) is 5.91 Å². The lowest BCUT2D eigenvalue weighted by molar-refractivity contribution is 0.0726. The van der Waals surface area contributed by atoms with Crippen molar-refractivity contribution in [3.05, 3.63) is 119 Å². The van der Waals surface area contributed by atoms with Crippen molar-refractivity contribution in [2.75, 3.05) is 7.05 Å². The topological polar surface area (TPSA) is 94.1 Å². The summed E-state index contributed by atoms with van der Waals surface area (Å²) in [6.45, 7) is 1.97. The van der Waals surface area contributed by atoms with Gasteiger partial charge in [0.15, 0.2) is 0 Å². The van der Waals surface area contributed by atoms with Gasteiger partial charge in [0, 0.05) is 48.3 Å². The molecule has 1 fully saturated rings. The van der Waals surface area contributed by atoms with Gasteiger partial charge in [-0.25, -0.2) is 0 Å². The third kappa shape index (κ3) is 6.01. The minimum Gasteiger partial charge on any atom is -0.387 e. The first kappa shape index (κ1) is 25.8. The minimum absolute atomic E-state index is 0.0194. The second-order valence-corrected chi connectivity index (χ2v) is 10.3. The predicted molar refractivity (Wildman–Crippen MR) is 148 cm³/mol. The van der Waals surface area contributed by atoms with Crippen LogP contribution in [0.3, 0.4) is 0 Å². The third-order valence-corrected chi connectivity index (χ3v) is 7.49. The lowest BCUT2D eigenvalue weighted by Crippen LogP contribution is -2.35. The zero-order valence-corrected chi connectivity index (χ0v) is 21.9. The van der Waals surface area contributed by atoms with Crippen LogP contribution in [0.15, 0.2) is 85.2 Å². The summed E-state index contributed by atoms with van der Waals surface area (Å²) >= 11 is 0. The molecule has 0 saturated carbocycles. The number of carbonyl (C=O) groups excluding carboxylic acids is 1. The molecular formula is C31H35N5O2. The molecule has 0 spiro atoms. The summed E-state index contributed by atoms with van der Waals surface area (Å²) < 4.78 is 0. The number of aromatic amines is 1. The monoisotopic (exact) mass is 509 g/mol. The molecule has 4 aromatic rings. The number of aliphatic hydroxyl groups is 1. The van der Waals surface area contributed by atoms with Gasteiger partial charge in [-0.05, 0) is 68.0 Å². The molecule has 1 aliphatic rings. The zero-order valence-electron chi connectivity index (χ0n) is 21.9. The van der Waals surface area contributed by atoms with Gasteiger partial charge in [-0.1, -0.05) is 48.5 Å². The normalized spacial score (nSPS) is 18.7. The standard InChI is InChI=1S/C31H35N5O2/c1-21-17-28(35-34-21)29(19-22-7-4-3-5-8-22)36(2)31(38)24-12-10-23(11-13-24)18-26-14-15-27(33-26)30(37)25-9-6-16-32-20-25/h3-13,16-17,20,26-27,29-30,33,37H,14-15,18-19H2,1-2H3,(H,34,35)/t26-,27+,29?,30+/m0/s1. The third-order valence-electron chi connectivity index (χ3n) is 7.49. The molecule has 2 aromatic heterocycles. The highest BCUT2D eigenvalue weighted by Crippen LogP contribution is 2.27. The number of nitrogens with one attached hydrogen (secondary N) is 2. The molecule has 38 heavy (non-hydrogen) atoms. The van der Waals surface area contributed by atoms with Gasteiger partial charge in [-0.2, -0.15) is 5.10 Å². The van der Waals surface area contributed by atoms with Crippen molar-refractivity contribution in [1.29, 1.82) is 0 Å². The lowest BCUT2D eigenvalue weighted by atomic mass is 10.00. The van der Waals surface area contributed by atoms with E-state index in [1.54, 1.807) is 17.3 Å². The Morgan fingerprint density at radius 3 is 2.53 bits per heavy atom. The number of aromatic nitrogens is 3. The second kappa shape index (κ2) is 11.7. The molecule has 7 nitrogen and oxygen atoms in total. The Balaban J connectivity index is 1.23. The van der Waals surface area contributed by atoms with E-state index in [9.17, 15) is 9.90 Å². The molecule has 4 atom stereocenters. The molecule has 0 bridgehead atoms. The maximum Gasteiger partial charge on any atom is 0.254 e. The number of pyridine rings is 1. The van der Waals surface area contributed by atoms with Crippen LogP contribution in [0.25, 0.3) is 0 Å². The van der Waals surface area contributed by atoms with Crippen molar-refractivity contribution in [2.45, 2.75) is 56.8 Å². The highest BCUT2D eigenvalue weighted by atomic mass is 16.3. The van der Waals surface area contributed by atoms with E-state index >= 15 is 0 Å². The molecule has 3 N–H and O–H groups in total. The van der Waals surface area contributed by atoms with Crippen LogP contribution in [-0.4, -0.2) is 50.2 Å². The number of likely N-dealkylation sites (N-methyl/N-ethyl adjacent to an activating group) is 1. The van der Waals surface area contributed by atoms with E-state index in [2.05, 4.69) is 32.6 Å². The van der Waals surface area contributed by atoms with Crippen molar-refractivity contribution in [2.24, 2.45) is 0 Å². The first-order valence-corrected chi connectivity index (χ1v) is 13.2. The Bertz CT molecular complexity index is 1320. The fraction of sp³-hybridized carbons (Fsp3) is 0.323. The van der Waals surface area contributed by atoms with Crippen molar-refractivity contribution < 1.29 is 9.90 Å². The first-order chi connectivity index (χ1) is 18.5. The van der Waals surface area contributed by atoms with E-state index in [0.29, 0.717) is 12.0 Å². The van der Waals surface area contributed by atoms with Crippen molar-refractivity contribution in [1.82, 2.24) is 25.4 Å². The van der Waals surface area contributed by atoms with E-state index in [1.165, 1.54) is 5.56 Å². The van der Waals surface area contributed by atoms with Crippen LogP contribution in [-0.2, 0) is 12.8 Å². The first-order valence-electron chi connectivity index (χ1n) is 13.2. The smallest absolute Gasteiger partial charge is 0.254 e. The molecule has 5 rings (SSSR count). The molecule has 1 aliphatic heterocycles. The Morgan fingerprint density at radius 1 is 1.05 bits per heavy atom. The summed E-state index contributed by atoms with van der Waals surface area (Å²) in [6, 6.07) is 24.0. The molecule has 7 heteroatoms. The number of carbonyl (C=O) groups is 1. The highest BCUT2D eigenvalue weighted by Gasteiger charge is 2.30. The molecule has 3 heterocycles. The number of hydrogen-bond donors (Lipinski definition) is 3. The van der Waals surface area contributed by atoms with E-state index in [4.69, 9.17) is 0 Å². The number of benzene rings is 2. The Kier molecular flexibility index (Phi) is 7.96. The Morgan fingerprint density at radius 2 is 1.84 bits per heavy atom. The number of nitrogens with zero attached hydrogens (tertiary/aromatic N) is 3. The highest BCUT2D eigenvalue weighted by molar-refractivity contribution is 5.94. The minimum atomic E-state index is -0.564. The van der Waals surface area contributed by atoms with Crippen LogP contribution >= 0.6 is 0 Å².